The van der Waals surface area contributed by atoms with Crippen molar-refractivity contribution >= 4 is 0 Å². The molecule has 11 heavy (non-hydrogen) atoms. The predicted octanol–water partition coefficient (Wildman–Crippen LogP) is 2.65. The Morgan fingerprint density at radius 3 is 2.64 bits per heavy atom. The molecule has 0 fully saturated rings. The van der Waals surface area contributed by atoms with Crippen molar-refractivity contribution < 1.29 is 13.9 Å². The normalized spacial score (nSPS) is 9.73. The molecule has 0 bridgehead atoms. The molecule has 0 N–H and O–H groups in total. The Balaban J connectivity index is 3.13. The number of halogens is 2. The molecule has 0 aliphatic rings. The van der Waals surface area contributed by atoms with Crippen molar-refractivity contribution in [2.45, 2.75) is 13.3 Å². The Morgan fingerprint density at radius 2 is 2.18 bits per heavy atom. The lowest BCUT2D eigenvalue weighted by atomic mass is 10.1. The van der Waals surface area contributed by atoms with Crippen molar-refractivity contribution in [2.24, 2.45) is 0 Å². The summed E-state index contributed by atoms with van der Waals surface area (Å²) in [6.07, 6.45) is 0.423. The molecule has 0 amide bonds. The first-order chi connectivity index (χ1) is 5.29. The molecule has 1 nitrogen and oxygen atoms in total. The molecule has 0 saturated carbocycles. The van der Waals surface area contributed by atoms with Gasteiger partial charge in [0.15, 0.2) is 5.75 Å². The molecule has 0 atom stereocenters. The van der Waals surface area contributed by atoms with Gasteiger partial charge in [-0.15, -0.1) is 0 Å². The number of hydrogen-bond acceptors (Lipinski definition) is 1. The third kappa shape index (κ3) is 1.48. The molecule has 0 unspecified atom stereocenters. The van der Waals surface area contributed by atoms with E-state index in [0.29, 0.717) is 6.42 Å². The van der Waals surface area contributed by atoms with Crippen LogP contribution in [0.4, 0.5) is 8.92 Å². The average Bonchev–Trinajstić information content (AvgIpc) is 2.04. The van der Waals surface area contributed by atoms with Crippen molar-refractivity contribution in [2.75, 3.05) is 0 Å². The molecule has 1 rings (SSSR count). The van der Waals surface area contributed by atoms with E-state index < -0.39 is 5.82 Å². The second-order valence-electron chi connectivity index (χ2n) is 2.15. The fraction of sp³-hybridized carbons (Fsp3) is 0.250. The molecule has 0 radical (unpaired) electrons. The van der Waals surface area contributed by atoms with Gasteiger partial charge in [0.05, 0.1) is 0 Å². The van der Waals surface area contributed by atoms with E-state index in [1.807, 2.05) is 0 Å². The van der Waals surface area contributed by atoms with Crippen LogP contribution in [0.15, 0.2) is 18.2 Å². The summed E-state index contributed by atoms with van der Waals surface area (Å²) < 4.78 is 24.5. The van der Waals surface area contributed by atoms with Gasteiger partial charge in [-0.1, -0.05) is 13.0 Å². The smallest absolute Gasteiger partial charge is 0.177 e. The zero-order valence-electron chi connectivity index (χ0n) is 6.10. The van der Waals surface area contributed by atoms with Gasteiger partial charge >= 0.3 is 0 Å². The van der Waals surface area contributed by atoms with Crippen molar-refractivity contribution in [1.82, 2.24) is 0 Å². The minimum absolute atomic E-state index is 0.0347. The second-order valence-corrected chi connectivity index (χ2v) is 2.15. The third-order valence-electron chi connectivity index (χ3n) is 1.51. The zero-order chi connectivity index (χ0) is 8.27. The fourth-order valence-electron chi connectivity index (χ4n) is 0.954. The van der Waals surface area contributed by atoms with E-state index in [1.54, 1.807) is 6.92 Å². The van der Waals surface area contributed by atoms with Crippen LogP contribution in [-0.4, -0.2) is 0 Å². The maximum atomic E-state index is 12.8. The second kappa shape index (κ2) is 3.32. The highest BCUT2D eigenvalue weighted by Crippen LogP contribution is 2.21. The highest BCUT2D eigenvalue weighted by Gasteiger charge is 2.06. The summed E-state index contributed by atoms with van der Waals surface area (Å²) >= 11 is 0. The summed E-state index contributed by atoms with van der Waals surface area (Å²) in [5.74, 6) is -0.463. The van der Waals surface area contributed by atoms with Crippen molar-refractivity contribution in [1.29, 1.82) is 0 Å². The molecule has 60 valence electrons. The minimum Gasteiger partial charge on any atom is -0.294 e. The molecule has 0 aliphatic carbocycles. The van der Waals surface area contributed by atoms with E-state index in [9.17, 15) is 8.92 Å². The molecular formula is C8H8F2O. The molecule has 1 aromatic rings. The topological polar surface area (TPSA) is 9.23 Å². The number of rotatable bonds is 2. The van der Waals surface area contributed by atoms with Gasteiger partial charge in [-0.05, 0) is 18.6 Å². The van der Waals surface area contributed by atoms with Crippen LogP contribution in [-0.2, 0) is 6.42 Å². The quantitative estimate of drug-likeness (QED) is 0.642. The van der Waals surface area contributed by atoms with Gasteiger partial charge < -0.3 is 0 Å². The van der Waals surface area contributed by atoms with Gasteiger partial charge in [0, 0.05) is 10.1 Å². The Labute approximate surface area is 63.5 Å². The van der Waals surface area contributed by atoms with Crippen LogP contribution in [0, 0.1) is 5.82 Å². The summed E-state index contributed by atoms with van der Waals surface area (Å²) in [5, 5.41) is 0. The standard InChI is InChI=1S/C8H8F2O/c1-2-6-7(9)4-3-5-8(6)11-10/h3-5H,2H2,1H3. The van der Waals surface area contributed by atoms with E-state index in [1.165, 1.54) is 18.2 Å². The number of benzene rings is 1. The van der Waals surface area contributed by atoms with Crippen LogP contribution in [0.25, 0.3) is 0 Å². The molecule has 1 aromatic carbocycles. The fourth-order valence-corrected chi connectivity index (χ4v) is 0.954. The van der Waals surface area contributed by atoms with E-state index in [0.717, 1.165) is 0 Å². The SMILES string of the molecule is CCc1c(F)cccc1OF. The Morgan fingerprint density at radius 1 is 1.45 bits per heavy atom. The Hall–Kier alpha value is -1.12. The van der Waals surface area contributed by atoms with Gasteiger partial charge in [-0.25, -0.2) is 4.39 Å². The van der Waals surface area contributed by atoms with E-state index in [4.69, 9.17) is 0 Å². The lowest BCUT2D eigenvalue weighted by molar-refractivity contribution is -0.00769. The molecule has 0 aromatic heterocycles. The molecule has 0 heterocycles. The summed E-state index contributed by atoms with van der Waals surface area (Å²) in [7, 11) is 0. The van der Waals surface area contributed by atoms with Crippen molar-refractivity contribution in [3.8, 4) is 5.75 Å². The van der Waals surface area contributed by atoms with Crippen LogP contribution in [0.2, 0.25) is 0 Å². The maximum absolute atomic E-state index is 12.8. The molecule has 0 saturated heterocycles. The van der Waals surface area contributed by atoms with Crippen molar-refractivity contribution in [3.05, 3.63) is 29.6 Å². The van der Waals surface area contributed by atoms with Crippen LogP contribution < -0.4 is 4.94 Å². The first-order valence-corrected chi connectivity index (χ1v) is 3.35. The van der Waals surface area contributed by atoms with E-state index in [-0.39, 0.29) is 11.3 Å². The summed E-state index contributed by atoms with van der Waals surface area (Å²) in [5.41, 5.74) is 0.273. The Bertz CT molecular complexity index is 248. The van der Waals surface area contributed by atoms with Crippen LogP contribution in [0.5, 0.6) is 5.75 Å². The molecule has 0 spiro atoms. The van der Waals surface area contributed by atoms with Crippen LogP contribution in [0.1, 0.15) is 12.5 Å². The summed E-state index contributed by atoms with van der Waals surface area (Å²) in [6, 6.07) is 4.08. The monoisotopic (exact) mass is 158 g/mol. The van der Waals surface area contributed by atoms with Gasteiger partial charge in [-0.3, -0.25) is 4.94 Å². The van der Waals surface area contributed by atoms with Crippen molar-refractivity contribution in [3.63, 3.8) is 0 Å². The maximum Gasteiger partial charge on any atom is 0.177 e. The summed E-state index contributed by atoms with van der Waals surface area (Å²) in [4.78, 5) is 3.48. The summed E-state index contributed by atoms with van der Waals surface area (Å²) in [6.45, 7) is 1.74. The highest BCUT2D eigenvalue weighted by atomic mass is 19.3. The van der Waals surface area contributed by atoms with Crippen LogP contribution >= 0.6 is 0 Å². The molecule has 0 aliphatic heterocycles. The third-order valence-corrected chi connectivity index (χ3v) is 1.51. The first-order valence-electron chi connectivity index (χ1n) is 3.35. The average molecular weight is 158 g/mol. The van der Waals surface area contributed by atoms with Gasteiger partial charge in [0.25, 0.3) is 0 Å². The molecular weight excluding hydrogens is 150 g/mol. The minimum atomic E-state index is -0.428. The van der Waals surface area contributed by atoms with Crippen LogP contribution in [0.3, 0.4) is 0 Å². The highest BCUT2D eigenvalue weighted by molar-refractivity contribution is 5.33. The Kier molecular flexibility index (Phi) is 2.41. The largest absolute Gasteiger partial charge is 0.294 e. The number of hydrogen-bond donors (Lipinski definition) is 0. The van der Waals surface area contributed by atoms with Gasteiger partial charge in [-0.2, -0.15) is 0 Å². The zero-order valence-corrected chi connectivity index (χ0v) is 6.10. The van der Waals surface area contributed by atoms with Gasteiger partial charge in [0.2, 0.25) is 0 Å². The van der Waals surface area contributed by atoms with Gasteiger partial charge in [0.1, 0.15) is 5.82 Å². The first kappa shape index (κ1) is 7.98. The van der Waals surface area contributed by atoms with E-state index in [2.05, 4.69) is 4.94 Å². The molecule has 3 heteroatoms. The lowest BCUT2D eigenvalue weighted by Crippen LogP contribution is -1.90. The predicted molar refractivity (Wildman–Crippen MR) is 37.5 cm³/mol. The van der Waals surface area contributed by atoms with E-state index >= 15 is 0 Å². The lowest BCUT2D eigenvalue weighted by Gasteiger charge is -2.01.